The largest absolute Gasteiger partial charge is 0.444 e. The topological polar surface area (TPSA) is 74.4 Å². The number of fused-ring (bicyclic) bond motifs is 1. The lowest BCUT2D eigenvalue weighted by Crippen LogP contribution is -2.38. The molecule has 2 aromatic carbocycles. The molecule has 176 valence electrons. The zero-order valence-corrected chi connectivity index (χ0v) is 19.3. The lowest BCUT2D eigenvalue weighted by molar-refractivity contribution is -0.129. The summed E-state index contributed by atoms with van der Waals surface area (Å²) in [6.07, 6.45) is 0.0347. The molecule has 6 nitrogen and oxygen atoms in total. The number of aromatic amines is 1. The molecule has 0 bridgehead atoms. The van der Waals surface area contributed by atoms with Gasteiger partial charge in [0, 0.05) is 43.2 Å². The quantitative estimate of drug-likeness (QED) is 0.523. The lowest BCUT2D eigenvalue weighted by atomic mass is 10.0. The number of carbonyl (C=O) groups is 2. The van der Waals surface area contributed by atoms with Gasteiger partial charge in [-0.15, -0.1) is 0 Å². The van der Waals surface area contributed by atoms with Gasteiger partial charge in [-0.25, -0.2) is 13.6 Å². The van der Waals surface area contributed by atoms with Crippen LogP contribution in [0.1, 0.15) is 32.8 Å². The van der Waals surface area contributed by atoms with Gasteiger partial charge in [0.25, 0.3) is 0 Å². The summed E-state index contributed by atoms with van der Waals surface area (Å²) in [7, 11) is 1.66. The number of H-pyrrole nitrogens is 1. The summed E-state index contributed by atoms with van der Waals surface area (Å²) in [5, 5.41) is 3.32. The number of likely N-dealkylation sites (N-methyl/N-ethyl adjacent to an activating group) is 1. The average molecular weight is 458 g/mol. The Morgan fingerprint density at radius 1 is 1.06 bits per heavy atom. The first-order valence-electron chi connectivity index (χ1n) is 10.8. The summed E-state index contributed by atoms with van der Waals surface area (Å²) in [6.45, 7) is 5.92. The number of alkyl carbamates (subject to hydrolysis) is 1. The fourth-order valence-corrected chi connectivity index (χ4v) is 3.53. The van der Waals surface area contributed by atoms with Gasteiger partial charge in [-0.2, -0.15) is 0 Å². The fraction of sp³-hybridized carbons (Fsp3) is 0.360. The van der Waals surface area contributed by atoms with Crippen molar-refractivity contribution in [1.82, 2.24) is 15.2 Å². The van der Waals surface area contributed by atoms with Crippen LogP contribution in [-0.2, 0) is 16.0 Å². The van der Waals surface area contributed by atoms with Crippen molar-refractivity contribution >= 4 is 22.9 Å². The molecule has 0 aliphatic rings. The van der Waals surface area contributed by atoms with E-state index in [-0.39, 0.29) is 30.5 Å². The number of carbonyl (C=O) groups excluding carboxylic acids is 2. The monoisotopic (exact) mass is 457 g/mol. The van der Waals surface area contributed by atoms with Gasteiger partial charge in [-0.05, 0) is 80.8 Å². The van der Waals surface area contributed by atoms with Crippen LogP contribution in [0.5, 0.6) is 0 Å². The summed E-state index contributed by atoms with van der Waals surface area (Å²) in [4.78, 5) is 29.2. The second kappa shape index (κ2) is 10.0. The Balaban J connectivity index is 1.68. The summed E-state index contributed by atoms with van der Waals surface area (Å²) in [5.74, 6) is -0.832. The second-order valence-corrected chi connectivity index (χ2v) is 8.92. The van der Waals surface area contributed by atoms with Crippen LogP contribution in [0, 0.1) is 11.6 Å². The molecular formula is C25H29F2N3O3. The maximum absolute atomic E-state index is 13.9. The molecule has 33 heavy (non-hydrogen) atoms. The van der Waals surface area contributed by atoms with E-state index < -0.39 is 11.7 Å². The van der Waals surface area contributed by atoms with Gasteiger partial charge < -0.3 is 19.9 Å². The van der Waals surface area contributed by atoms with E-state index in [0.29, 0.717) is 18.4 Å². The lowest BCUT2D eigenvalue weighted by Gasteiger charge is -2.21. The highest BCUT2D eigenvalue weighted by Gasteiger charge is 2.18. The van der Waals surface area contributed by atoms with E-state index >= 15 is 0 Å². The van der Waals surface area contributed by atoms with E-state index in [1.165, 1.54) is 29.2 Å². The zero-order valence-electron chi connectivity index (χ0n) is 19.3. The Hall–Kier alpha value is -3.42. The van der Waals surface area contributed by atoms with Crippen molar-refractivity contribution in [3.63, 3.8) is 0 Å². The smallest absolute Gasteiger partial charge is 0.407 e. The number of rotatable bonds is 7. The molecule has 2 N–H and O–H groups in total. The van der Waals surface area contributed by atoms with Crippen LogP contribution in [0.4, 0.5) is 13.6 Å². The molecule has 0 atom stereocenters. The van der Waals surface area contributed by atoms with Crippen LogP contribution in [0.2, 0.25) is 0 Å². The highest BCUT2D eigenvalue weighted by molar-refractivity contribution is 5.91. The minimum Gasteiger partial charge on any atom is -0.444 e. The molecule has 3 rings (SSSR count). The molecule has 2 amide bonds. The maximum Gasteiger partial charge on any atom is 0.407 e. The van der Waals surface area contributed by atoms with Crippen LogP contribution < -0.4 is 5.32 Å². The average Bonchev–Trinajstić information content (AvgIpc) is 3.08. The molecule has 8 heteroatoms. The molecule has 0 aliphatic carbocycles. The highest BCUT2D eigenvalue weighted by atomic mass is 19.1. The van der Waals surface area contributed by atoms with E-state index in [2.05, 4.69) is 10.3 Å². The van der Waals surface area contributed by atoms with E-state index in [9.17, 15) is 18.4 Å². The van der Waals surface area contributed by atoms with E-state index in [0.717, 1.165) is 22.3 Å². The van der Waals surface area contributed by atoms with Gasteiger partial charge >= 0.3 is 6.09 Å². The maximum atomic E-state index is 13.9. The van der Waals surface area contributed by atoms with Crippen LogP contribution in [0.25, 0.3) is 22.2 Å². The van der Waals surface area contributed by atoms with Gasteiger partial charge in [0.2, 0.25) is 5.91 Å². The predicted octanol–water partition coefficient (Wildman–Crippen LogP) is 5.03. The van der Waals surface area contributed by atoms with Gasteiger partial charge in [-0.3, -0.25) is 4.79 Å². The van der Waals surface area contributed by atoms with Crippen molar-refractivity contribution in [2.75, 3.05) is 20.1 Å². The first-order chi connectivity index (χ1) is 15.5. The van der Waals surface area contributed by atoms with Gasteiger partial charge in [-0.1, -0.05) is 0 Å². The third-order valence-electron chi connectivity index (χ3n) is 5.13. The van der Waals surface area contributed by atoms with Crippen LogP contribution in [0.15, 0.2) is 42.5 Å². The van der Waals surface area contributed by atoms with Gasteiger partial charge in [0.1, 0.15) is 17.2 Å². The van der Waals surface area contributed by atoms with Gasteiger partial charge in [0.05, 0.1) is 0 Å². The number of aromatic nitrogens is 1. The first-order valence-corrected chi connectivity index (χ1v) is 10.8. The summed E-state index contributed by atoms with van der Waals surface area (Å²) in [5.41, 5.74) is 2.44. The van der Waals surface area contributed by atoms with Crippen LogP contribution in [-0.4, -0.2) is 47.6 Å². The number of nitrogens with zero attached hydrogens (tertiary/aromatic N) is 1. The fourth-order valence-electron chi connectivity index (χ4n) is 3.53. The van der Waals surface area contributed by atoms with E-state index in [4.69, 9.17) is 4.74 Å². The number of benzene rings is 2. The third-order valence-corrected chi connectivity index (χ3v) is 5.13. The Morgan fingerprint density at radius 3 is 2.39 bits per heavy atom. The number of amides is 2. The SMILES string of the molecule is CN(CCNC(=O)OC(C)(C)C)C(=O)CCc1c(-c2ccc(F)cc2)[nH]c2ccc(F)cc12. The van der Waals surface area contributed by atoms with Crippen molar-refractivity contribution in [2.45, 2.75) is 39.2 Å². The number of ether oxygens (including phenoxy) is 1. The Labute approximate surface area is 191 Å². The standard InChI is InChI=1S/C25H29F2N3O3/c1-25(2,3)33-24(32)28-13-14-30(4)22(31)12-10-19-20-15-18(27)9-11-21(20)29-23(19)16-5-7-17(26)8-6-16/h5-9,11,15,29H,10,12-14H2,1-4H3,(H,28,32). The minimum atomic E-state index is -0.590. The van der Waals surface area contributed by atoms with Crippen LogP contribution in [0.3, 0.4) is 0 Å². The first kappa shape index (κ1) is 24.2. The zero-order chi connectivity index (χ0) is 24.2. The minimum absolute atomic E-state index is 0.114. The molecule has 0 aliphatic heterocycles. The molecule has 0 unspecified atom stereocenters. The van der Waals surface area contributed by atoms with E-state index in [1.54, 1.807) is 46.0 Å². The molecule has 3 aromatic rings. The third kappa shape index (κ3) is 6.54. The summed E-state index contributed by atoms with van der Waals surface area (Å²) < 4.78 is 32.5. The van der Waals surface area contributed by atoms with Crippen molar-refractivity contribution in [2.24, 2.45) is 0 Å². The summed E-state index contributed by atoms with van der Waals surface area (Å²) >= 11 is 0. The molecule has 0 saturated carbocycles. The Kier molecular flexibility index (Phi) is 7.36. The number of hydrogen-bond donors (Lipinski definition) is 2. The highest BCUT2D eigenvalue weighted by Crippen LogP contribution is 2.32. The molecule has 0 radical (unpaired) electrons. The van der Waals surface area contributed by atoms with Crippen LogP contribution >= 0.6 is 0 Å². The predicted molar refractivity (Wildman–Crippen MR) is 124 cm³/mol. The molecular weight excluding hydrogens is 428 g/mol. The molecule has 0 spiro atoms. The Bertz CT molecular complexity index is 1130. The Morgan fingerprint density at radius 2 is 1.73 bits per heavy atom. The number of hydrogen-bond acceptors (Lipinski definition) is 3. The summed E-state index contributed by atoms with van der Waals surface area (Å²) in [6, 6.07) is 10.5. The number of nitrogens with one attached hydrogen (secondary N) is 2. The molecule has 0 saturated heterocycles. The number of aryl methyl sites for hydroxylation is 1. The normalized spacial score (nSPS) is 11.5. The van der Waals surface area contributed by atoms with Crippen molar-refractivity contribution in [3.8, 4) is 11.3 Å². The molecule has 1 heterocycles. The van der Waals surface area contributed by atoms with Gasteiger partial charge in [0.15, 0.2) is 0 Å². The van der Waals surface area contributed by atoms with E-state index in [1.807, 2.05) is 0 Å². The van der Waals surface area contributed by atoms with Crippen molar-refractivity contribution in [3.05, 3.63) is 59.7 Å². The van der Waals surface area contributed by atoms with Crippen molar-refractivity contribution < 1.29 is 23.1 Å². The molecule has 0 fully saturated rings. The second-order valence-electron chi connectivity index (χ2n) is 8.92. The number of halogens is 2. The van der Waals surface area contributed by atoms with Crippen molar-refractivity contribution in [1.29, 1.82) is 0 Å². The molecule has 1 aromatic heterocycles.